The van der Waals surface area contributed by atoms with Crippen molar-refractivity contribution < 1.29 is 13.9 Å². The first-order valence-corrected chi connectivity index (χ1v) is 9.14. The third-order valence-electron chi connectivity index (χ3n) is 4.55. The molecule has 1 N–H and O–H groups in total. The summed E-state index contributed by atoms with van der Waals surface area (Å²) in [6, 6.07) is 7.51. The molecule has 1 aromatic heterocycles. The summed E-state index contributed by atoms with van der Waals surface area (Å²) in [4.78, 5) is 16.4. The largest absolute Gasteiger partial charge is 0.491 e. The van der Waals surface area contributed by atoms with Crippen molar-refractivity contribution >= 4 is 11.7 Å². The molecule has 1 aliphatic rings. The van der Waals surface area contributed by atoms with Crippen LogP contribution in [0.1, 0.15) is 12.7 Å². The summed E-state index contributed by atoms with van der Waals surface area (Å²) in [7, 11) is 0. The highest BCUT2D eigenvalue weighted by Gasteiger charge is 2.21. The Balaban J connectivity index is 1.46. The SMILES string of the molecule is CCn1cnnc1CNC(=O)N1CCN(c2ccc(OCCF)cc2)CC1. The van der Waals surface area contributed by atoms with Gasteiger partial charge in [0.15, 0.2) is 5.82 Å². The summed E-state index contributed by atoms with van der Waals surface area (Å²) in [5.74, 6) is 1.41. The molecule has 2 heterocycles. The molecule has 0 spiro atoms. The first-order chi connectivity index (χ1) is 13.2. The molecule has 8 nitrogen and oxygen atoms in total. The lowest BCUT2D eigenvalue weighted by Crippen LogP contribution is -2.51. The predicted molar refractivity (Wildman–Crippen MR) is 99.6 cm³/mol. The van der Waals surface area contributed by atoms with Gasteiger partial charge >= 0.3 is 6.03 Å². The number of alkyl halides is 1. The molecule has 0 atom stereocenters. The number of hydrogen-bond donors (Lipinski definition) is 1. The van der Waals surface area contributed by atoms with Crippen molar-refractivity contribution in [3.05, 3.63) is 36.4 Å². The Labute approximate surface area is 157 Å². The van der Waals surface area contributed by atoms with Gasteiger partial charge in [0, 0.05) is 38.4 Å². The molecule has 146 valence electrons. The van der Waals surface area contributed by atoms with Crippen molar-refractivity contribution in [2.45, 2.75) is 20.0 Å². The number of hydrogen-bond acceptors (Lipinski definition) is 5. The molecule has 0 aliphatic carbocycles. The quantitative estimate of drug-likeness (QED) is 0.796. The highest BCUT2D eigenvalue weighted by atomic mass is 19.1. The average molecular weight is 376 g/mol. The number of benzene rings is 1. The lowest BCUT2D eigenvalue weighted by molar-refractivity contribution is 0.193. The van der Waals surface area contributed by atoms with Crippen LogP contribution in [-0.4, -0.2) is 65.2 Å². The fourth-order valence-corrected chi connectivity index (χ4v) is 3.02. The van der Waals surface area contributed by atoms with E-state index in [1.54, 1.807) is 6.33 Å². The summed E-state index contributed by atoms with van der Waals surface area (Å²) in [5, 5.41) is 10.8. The van der Waals surface area contributed by atoms with Crippen LogP contribution < -0.4 is 15.0 Å². The van der Waals surface area contributed by atoms with Gasteiger partial charge in [-0.1, -0.05) is 0 Å². The normalized spacial score (nSPS) is 14.3. The second kappa shape index (κ2) is 9.20. The standard InChI is InChI=1S/C18H25FN6O2/c1-2-23-14-21-22-17(23)13-20-18(26)25-10-8-24(9-11-25)15-3-5-16(6-4-15)27-12-7-19/h3-6,14H,2,7-13H2,1H3,(H,20,26). The first kappa shape index (κ1) is 18.9. The maximum atomic E-state index is 12.4. The third kappa shape index (κ3) is 4.87. The van der Waals surface area contributed by atoms with E-state index in [-0.39, 0.29) is 12.6 Å². The Hall–Kier alpha value is -2.84. The smallest absolute Gasteiger partial charge is 0.317 e. The van der Waals surface area contributed by atoms with Crippen LogP contribution in [0.25, 0.3) is 0 Å². The van der Waals surface area contributed by atoms with E-state index in [2.05, 4.69) is 20.4 Å². The topological polar surface area (TPSA) is 75.5 Å². The van der Waals surface area contributed by atoms with Gasteiger partial charge in [0.1, 0.15) is 25.4 Å². The highest BCUT2D eigenvalue weighted by Crippen LogP contribution is 2.20. The van der Waals surface area contributed by atoms with E-state index in [1.807, 2.05) is 40.7 Å². The third-order valence-corrected chi connectivity index (χ3v) is 4.55. The fourth-order valence-electron chi connectivity index (χ4n) is 3.02. The molecule has 0 saturated carbocycles. The lowest BCUT2D eigenvalue weighted by Gasteiger charge is -2.36. The molecule has 1 fully saturated rings. The van der Waals surface area contributed by atoms with E-state index in [9.17, 15) is 9.18 Å². The van der Waals surface area contributed by atoms with Crippen LogP contribution in [0.2, 0.25) is 0 Å². The van der Waals surface area contributed by atoms with Gasteiger partial charge in [0.05, 0.1) is 6.54 Å². The summed E-state index contributed by atoms with van der Waals surface area (Å²) < 4.78 is 19.3. The zero-order valence-corrected chi connectivity index (χ0v) is 15.5. The number of anilines is 1. The molecule has 1 aliphatic heterocycles. The number of piperazine rings is 1. The zero-order valence-electron chi connectivity index (χ0n) is 15.5. The van der Waals surface area contributed by atoms with Gasteiger partial charge in [-0.05, 0) is 31.2 Å². The first-order valence-electron chi connectivity index (χ1n) is 9.14. The van der Waals surface area contributed by atoms with Crippen molar-refractivity contribution in [2.75, 3.05) is 44.4 Å². The van der Waals surface area contributed by atoms with Gasteiger partial charge in [-0.3, -0.25) is 0 Å². The number of carbonyl (C=O) groups is 1. The number of carbonyl (C=O) groups excluding carboxylic acids is 1. The molecule has 2 aromatic rings. The minimum atomic E-state index is -0.497. The van der Waals surface area contributed by atoms with Crippen LogP contribution in [-0.2, 0) is 13.1 Å². The molecule has 27 heavy (non-hydrogen) atoms. The minimum Gasteiger partial charge on any atom is -0.491 e. The van der Waals surface area contributed by atoms with Crippen molar-refractivity contribution in [2.24, 2.45) is 0 Å². The van der Waals surface area contributed by atoms with E-state index in [0.29, 0.717) is 25.4 Å². The van der Waals surface area contributed by atoms with Gasteiger partial charge in [-0.25, -0.2) is 9.18 Å². The van der Waals surface area contributed by atoms with E-state index in [4.69, 9.17) is 4.74 Å². The maximum absolute atomic E-state index is 12.4. The number of urea groups is 1. The Bertz CT molecular complexity index is 728. The number of nitrogens with one attached hydrogen (secondary N) is 1. The Morgan fingerprint density at radius 3 is 2.63 bits per heavy atom. The Morgan fingerprint density at radius 2 is 1.96 bits per heavy atom. The number of nitrogens with zero attached hydrogens (tertiary/aromatic N) is 5. The van der Waals surface area contributed by atoms with E-state index >= 15 is 0 Å². The molecule has 1 aromatic carbocycles. The molecular weight excluding hydrogens is 351 g/mol. The van der Waals surface area contributed by atoms with Crippen LogP contribution in [0.15, 0.2) is 30.6 Å². The van der Waals surface area contributed by atoms with Gasteiger partial charge in [0.2, 0.25) is 0 Å². The van der Waals surface area contributed by atoms with Crippen molar-refractivity contribution in [3.63, 3.8) is 0 Å². The van der Waals surface area contributed by atoms with Crippen LogP contribution >= 0.6 is 0 Å². The molecule has 0 unspecified atom stereocenters. The van der Waals surface area contributed by atoms with Crippen molar-refractivity contribution in [1.29, 1.82) is 0 Å². The molecule has 2 amide bonds. The second-order valence-electron chi connectivity index (χ2n) is 6.20. The summed E-state index contributed by atoms with van der Waals surface area (Å²) in [6.07, 6.45) is 1.66. The van der Waals surface area contributed by atoms with Gasteiger partial charge in [-0.15, -0.1) is 10.2 Å². The summed E-state index contributed by atoms with van der Waals surface area (Å²) in [6.45, 7) is 5.52. The van der Waals surface area contributed by atoms with Crippen LogP contribution in [0, 0.1) is 0 Å². The number of rotatable bonds is 7. The molecule has 0 radical (unpaired) electrons. The van der Waals surface area contributed by atoms with E-state index < -0.39 is 6.67 Å². The van der Waals surface area contributed by atoms with E-state index in [1.165, 1.54) is 0 Å². The molecule has 3 rings (SSSR count). The van der Waals surface area contributed by atoms with Gasteiger partial charge in [0.25, 0.3) is 0 Å². The lowest BCUT2D eigenvalue weighted by atomic mass is 10.2. The predicted octanol–water partition coefficient (Wildman–Crippen LogP) is 1.68. The summed E-state index contributed by atoms with van der Waals surface area (Å²) in [5.41, 5.74) is 1.07. The Morgan fingerprint density at radius 1 is 1.22 bits per heavy atom. The number of aromatic nitrogens is 3. The van der Waals surface area contributed by atoms with Crippen LogP contribution in [0.3, 0.4) is 0 Å². The van der Waals surface area contributed by atoms with Crippen molar-refractivity contribution in [3.8, 4) is 5.75 Å². The Kier molecular flexibility index (Phi) is 6.45. The van der Waals surface area contributed by atoms with Gasteiger partial charge in [-0.2, -0.15) is 0 Å². The number of halogens is 1. The van der Waals surface area contributed by atoms with Gasteiger partial charge < -0.3 is 24.4 Å². The minimum absolute atomic E-state index is 0.0711. The summed E-state index contributed by atoms with van der Waals surface area (Å²) >= 11 is 0. The maximum Gasteiger partial charge on any atom is 0.317 e. The van der Waals surface area contributed by atoms with Crippen molar-refractivity contribution in [1.82, 2.24) is 25.0 Å². The van der Waals surface area contributed by atoms with Crippen LogP contribution in [0.5, 0.6) is 5.75 Å². The monoisotopic (exact) mass is 376 g/mol. The second-order valence-corrected chi connectivity index (χ2v) is 6.20. The average Bonchev–Trinajstić information content (AvgIpc) is 3.18. The number of aryl methyl sites for hydroxylation is 1. The molecule has 1 saturated heterocycles. The molecule has 0 bridgehead atoms. The van der Waals surface area contributed by atoms with E-state index in [0.717, 1.165) is 31.1 Å². The zero-order chi connectivity index (χ0) is 19.1. The number of amides is 2. The molecular formula is C18H25FN6O2. The fraction of sp³-hybridized carbons (Fsp3) is 0.500. The highest BCUT2D eigenvalue weighted by molar-refractivity contribution is 5.74. The molecule has 9 heteroatoms. The van der Waals surface area contributed by atoms with Crippen LogP contribution in [0.4, 0.5) is 14.9 Å². The number of ether oxygens (including phenoxy) is 1.